The molecule has 0 bridgehead atoms. The summed E-state index contributed by atoms with van der Waals surface area (Å²) in [5, 5.41) is 10.0. The number of benzene rings is 2. The number of nitrogens with one attached hydrogen (secondary N) is 1. The molecule has 9 nitrogen and oxygen atoms in total. The zero-order chi connectivity index (χ0) is 24.5. The summed E-state index contributed by atoms with van der Waals surface area (Å²) in [6, 6.07) is 15.6. The third-order valence-corrected chi connectivity index (χ3v) is 6.20. The number of carbonyl (C=O) groups is 2. The van der Waals surface area contributed by atoms with Gasteiger partial charge in [0.15, 0.2) is 22.8 Å². The SMILES string of the molecule is CCOC(=O)c1nn(-c2ccccc2)c(=O)c2c(NC(=O)c3cc4cccc(OC)c4o3)scc12. The van der Waals surface area contributed by atoms with Crippen LogP contribution >= 0.6 is 11.3 Å². The first-order valence-electron chi connectivity index (χ1n) is 10.7. The van der Waals surface area contributed by atoms with E-state index in [2.05, 4.69) is 10.4 Å². The highest BCUT2D eigenvalue weighted by atomic mass is 32.1. The van der Waals surface area contributed by atoms with Crippen LogP contribution in [0.5, 0.6) is 5.75 Å². The Kier molecular flexibility index (Phi) is 5.79. The maximum atomic E-state index is 13.4. The number of ether oxygens (including phenoxy) is 2. The number of thiophene rings is 1. The van der Waals surface area contributed by atoms with Crippen LogP contribution in [0.4, 0.5) is 5.00 Å². The van der Waals surface area contributed by atoms with Gasteiger partial charge < -0.3 is 19.2 Å². The van der Waals surface area contributed by atoms with Crippen LogP contribution in [0.3, 0.4) is 0 Å². The number of esters is 1. The average molecular weight is 490 g/mol. The summed E-state index contributed by atoms with van der Waals surface area (Å²) in [5.74, 6) is -0.664. The molecule has 0 fully saturated rings. The van der Waals surface area contributed by atoms with Gasteiger partial charge in [-0.1, -0.05) is 30.3 Å². The minimum Gasteiger partial charge on any atom is -0.493 e. The minimum atomic E-state index is -0.665. The molecule has 3 aromatic heterocycles. The fourth-order valence-corrected chi connectivity index (χ4v) is 4.64. The van der Waals surface area contributed by atoms with Crippen molar-refractivity contribution in [3.05, 3.63) is 81.8 Å². The summed E-state index contributed by atoms with van der Waals surface area (Å²) in [4.78, 5) is 39.2. The third kappa shape index (κ3) is 3.93. The number of aromatic nitrogens is 2. The highest BCUT2D eigenvalue weighted by Crippen LogP contribution is 2.32. The second-order valence-electron chi connectivity index (χ2n) is 7.42. The molecule has 5 rings (SSSR count). The van der Waals surface area contributed by atoms with Crippen molar-refractivity contribution in [3.8, 4) is 11.4 Å². The highest BCUT2D eigenvalue weighted by Gasteiger charge is 2.24. The molecule has 5 aromatic rings. The molecule has 0 aliphatic carbocycles. The number of nitrogens with zero attached hydrogens (tertiary/aromatic N) is 2. The summed E-state index contributed by atoms with van der Waals surface area (Å²) >= 11 is 1.11. The number of carbonyl (C=O) groups excluding carboxylic acids is 2. The first-order chi connectivity index (χ1) is 17.0. The van der Waals surface area contributed by atoms with Crippen molar-refractivity contribution in [1.29, 1.82) is 0 Å². The van der Waals surface area contributed by atoms with E-state index in [1.165, 1.54) is 7.11 Å². The Morgan fingerprint density at radius 1 is 1.14 bits per heavy atom. The molecule has 1 N–H and O–H groups in total. The summed E-state index contributed by atoms with van der Waals surface area (Å²) < 4.78 is 17.3. The lowest BCUT2D eigenvalue weighted by Gasteiger charge is -2.09. The number of rotatable bonds is 6. The summed E-state index contributed by atoms with van der Waals surface area (Å²) in [6.45, 7) is 1.83. The second kappa shape index (κ2) is 9.07. The van der Waals surface area contributed by atoms with Crippen LogP contribution < -0.4 is 15.6 Å². The minimum absolute atomic E-state index is 0.0180. The van der Waals surface area contributed by atoms with Gasteiger partial charge in [0, 0.05) is 16.2 Å². The molecule has 0 saturated carbocycles. The van der Waals surface area contributed by atoms with Crippen molar-refractivity contribution in [1.82, 2.24) is 9.78 Å². The van der Waals surface area contributed by atoms with Crippen molar-refractivity contribution in [2.24, 2.45) is 0 Å². The number of methoxy groups -OCH3 is 1. The van der Waals surface area contributed by atoms with Crippen molar-refractivity contribution in [2.45, 2.75) is 6.92 Å². The molecular formula is C25H19N3O6S. The number of furan rings is 1. The van der Waals surface area contributed by atoms with E-state index < -0.39 is 17.4 Å². The second-order valence-corrected chi connectivity index (χ2v) is 8.30. The van der Waals surface area contributed by atoms with Gasteiger partial charge in [0.05, 0.1) is 24.8 Å². The average Bonchev–Trinajstić information content (AvgIpc) is 3.50. The van der Waals surface area contributed by atoms with E-state index in [1.807, 2.05) is 0 Å². The van der Waals surface area contributed by atoms with Gasteiger partial charge >= 0.3 is 5.97 Å². The molecule has 0 unspecified atom stereocenters. The largest absolute Gasteiger partial charge is 0.493 e. The molecule has 0 radical (unpaired) electrons. The topological polar surface area (TPSA) is 113 Å². The molecule has 35 heavy (non-hydrogen) atoms. The van der Waals surface area contributed by atoms with E-state index in [0.717, 1.165) is 16.0 Å². The van der Waals surface area contributed by atoms with E-state index in [9.17, 15) is 14.4 Å². The van der Waals surface area contributed by atoms with Gasteiger partial charge in [0.1, 0.15) is 5.00 Å². The van der Waals surface area contributed by atoms with Crippen molar-refractivity contribution >= 4 is 50.0 Å². The number of anilines is 1. The molecule has 3 heterocycles. The first kappa shape index (κ1) is 22.4. The molecule has 1 amide bonds. The smallest absolute Gasteiger partial charge is 0.359 e. The Morgan fingerprint density at radius 3 is 2.69 bits per heavy atom. The molecule has 176 valence electrons. The lowest BCUT2D eigenvalue weighted by atomic mass is 10.2. The van der Waals surface area contributed by atoms with Crippen LogP contribution in [0.1, 0.15) is 28.0 Å². The molecule has 0 aliphatic rings. The number of amides is 1. The zero-order valence-corrected chi connectivity index (χ0v) is 19.5. The standard InChI is InChI=1S/C25H19N3O6S/c1-3-33-25(31)20-16-13-35-23(19(16)24(30)28(27-20)15-9-5-4-6-10-15)26-22(29)18-12-14-8-7-11-17(32-2)21(14)34-18/h4-13H,3H2,1-2H3,(H,26,29). The number of fused-ring (bicyclic) bond motifs is 2. The van der Waals surface area contributed by atoms with E-state index in [0.29, 0.717) is 27.8 Å². The number of hydrogen-bond donors (Lipinski definition) is 1. The molecule has 0 atom stereocenters. The molecule has 10 heteroatoms. The van der Waals surface area contributed by atoms with E-state index in [1.54, 1.807) is 66.9 Å². The highest BCUT2D eigenvalue weighted by molar-refractivity contribution is 7.16. The van der Waals surface area contributed by atoms with Crippen LogP contribution in [0.15, 0.2) is 69.2 Å². The van der Waals surface area contributed by atoms with E-state index in [-0.39, 0.29) is 28.4 Å². The Morgan fingerprint density at radius 2 is 1.94 bits per heavy atom. The maximum Gasteiger partial charge on any atom is 0.359 e. The lowest BCUT2D eigenvalue weighted by molar-refractivity contribution is 0.0520. The molecule has 0 saturated heterocycles. The molecule has 0 spiro atoms. The lowest BCUT2D eigenvalue weighted by Crippen LogP contribution is -2.25. The molecule has 0 aliphatic heterocycles. The van der Waals surface area contributed by atoms with Gasteiger partial charge in [-0.3, -0.25) is 9.59 Å². The Bertz CT molecular complexity index is 1630. The van der Waals surface area contributed by atoms with E-state index >= 15 is 0 Å². The monoisotopic (exact) mass is 489 g/mol. The zero-order valence-electron chi connectivity index (χ0n) is 18.7. The molecule has 2 aromatic carbocycles. The number of para-hydroxylation sites is 2. The number of hydrogen-bond acceptors (Lipinski definition) is 8. The van der Waals surface area contributed by atoms with Gasteiger partial charge in [-0.25, -0.2) is 4.79 Å². The van der Waals surface area contributed by atoms with Gasteiger partial charge in [-0.2, -0.15) is 9.78 Å². The van der Waals surface area contributed by atoms with Crippen LogP contribution in [0, 0.1) is 0 Å². The van der Waals surface area contributed by atoms with Crippen LogP contribution in [0.2, 0.25) is 0 Å². The quantitative estimate of drug-likeness (QED) is 0.346. The predicted octanol–water partition coefficient (Wildman–Crippen LogP) is 4.63. The van der Waals surface area contributed by atoms with Crippen LogP contribution in [-0.4, -0.2) is 35.4 Å². The summed E-state index contributed by atoms with van der Waals surface area (Å²) in [6.07, 6.45) is 0. The Balaban J connectivity index is 1.62. The normalized spacial score (nSPS) is 11.0. The van der Waals surface area contributed by atoms with Gasteiger partial charge in [0.2, 0.25) is 0 Å². The summed E-state index contributed by atoms with van der Waals surface area (Å²) in [7, 11) is 1.52. The van der Waals surface area contributed by atoms with Crippen LogP contribution in [-0.2, 0) is 4.74 Å². The van der Waals surface area contributed by atoms with Gasteiger partial charge in [0.25, 0.3) is 11.5 Å². The third-order valence-electron chi connectivity index (χ3n) is 5.30. The Hall–Kier alpha value is -4.44. The maximum absolute atomic E-state index is 13.4. The van der Waals surface area contributed by atoms with E-state index in [4.69, 9.17) is 13.9 Å². The fourth-order valence-electron chi connectivity index (χ4n) is 3.71. The molecular weight excluding hydrogens is 470 g/mol. The van der Waals surface area contributed by atoms with Crippen molar-refractivity contribution in [2.75, 3.05) is 19.0 Å². The van der Waals surface area contributed by atoms with Crippen molar-refractivity contribution < 1.29 is 23.5 Å². The van der Waals surface area contributed by atoms with Gasteiger partial charge in [-0.05, 0) is 31.2 Å². The Labute approximate surface area is 202 Å². The van der Waals surface area contributed by atoms with Crippen molar-refractivity contribution in [3.63, 3.8) is 0 Å². The van der Waals surface area contributed by atoms with Crippen LogP contribution in [0.25, 0.3) is 27.4 Å². The summed E-state index contributed by atoms with van der Waals surface area (Å²) in [5.41, 5.74) is 0.409. The predicted molar refractivity (Wildman–Crippen MR) is 132 cm³/mol. The fraction of sp³-hybridized carbons (Fsp3) is 0.120. The van der Waals surface area contributed by atoms with Gasteiger partial charge in [-0.15, -0.1) is 11.3 Å². The first-order valence-corrected chi connectivity index (χ1v) is 11.5.